The van der Waals surface area contributed by atoms with E-state index in [1.54, 1.807) is 0 Å². The molecule has 2 nitrogen and oxygen atoms in total. The second-order valence-corrected chi connectivity index (χ2v) is 7.02. The molecule has 2 aliphatic rings. The maximum Gasteiger partial charge on any atom is 0.0586 e. The molecule has 104 valence electrons. The first-order valence-electron chi connectivity index (χ1n) is 7.37. The maximum absolute atomic E-state index is 6.27. The van der Waals surface area contributed by atoms with Crippen molar-refractivity contribution in [1.82, 2.24) is 4.90 Å². The van der Waals surface area contributed by atoms with Gasteiger partial charge >= 0.3 is 0 Å². The van der Waals surface area contributed by atoms with Crippen molar-refractivity contribution in [2.24, 2.45) is 5.73 Å². The molecule has 0 aromatic heterocycles. The number of benzene rings is 1. The molecule has 0 spiro atoms. The summed E-state index contributed by atoms with van der Waals surface area (Å²) in [5.41, 5.74) is 9.35. The van der Waals surface area contributed by atoms with Gasteiger partial charge in [-0.1, -0.05) is 24.3 Å². The van der Waals surface area contributed by atoms with Crippen LogP contribution in [0.15, 0.2) is 24.3 Å². The largest absolute Gasteiger partial charge is 0.328 e. The Labute approximate surface area is 120 Å². The van der Waals surface area contributed by atoms with E-state index in [1.165, 1.54) is 48.3 Å². The van der Waals surface area contributed by atoms with Crippen molar-refractivity contribution >= 4 is 11.8 Å². The van der Waals surface area contributed by atoms with Gasteiger partial charge in [-0.05, 0) is 49.6 Å². The van der Waals surface area contributed by atoms with Gasteiger partial charge in [0, 0.05) is 18.3 Å². The minimum atomic E-state index is 0.0738. The number of nitrogens with zero attached hydrogens (tertiary/aromatic N) is 1. The summed E-state index contributed by atoms with van der Waals surface area (Å²) >= 11 is 2.08. The number of likely N-dealkylation sites (N-methyl/N-ethyl adjacent to an activating group) is 1. The summed E-state index contributed by atoms with van der Waals surface area (Å²) < 4.78 is 0. The predicted molar refractivity (Wildman–Crippen MR) is 83.6 cm³/mol. The molecule has 2 atom stereocenters. The molecule has 19 heavy (non-hydrogen) atoms. The van der Waals surface area contributed by atoms with Gasteiger partial charge in [0.2, 0.25) is 0 Å². The standard InChI is InChI=1S/C16H24N2S/c1-18(14-8-10-19-11-14)16(12-17)9-4-6-13-5-2-3-7-15(13)16/h2-3,5,7,14H,4,6,8-12,17H2,1H3. The number of aryl methyl sites for hydroxylation is 1. The van der Waals surface area contributed by atoms with E-state index in [2.05, 4.69) is 48.0 Å². The average molecular weight is 276 g/mol. The highest BCUT2D eigenvalue weighted by Crippen LogP contribution is 2.41. The highest BCUT2D eigenvalue weighted by Gasteiger charge is 2.42. The van der Waals surface area contributed by atoms with E-state index in [-0.39, 0.29) is 5.54 Å². The lowest BCUT2D eigenvalue weighted by molar-refractivity contribution is 0.0683. The molecule has 2 N–H and O–H groups in total. The van der Waals surface area contributed by atoms with E-state index in [9.17, 15) is 0 Å². The van der Waals surface area contributed by atoms with Crippen LogP contribution in [0.1, 0.15) is 30.4 Å². The second-order valence-electron chi connectivity index (χ2n) is 5.87. The van der Waals surface area contributed by atoms with Gasteiger partial charge in [0.05, 0.1) is 5.54 Å². The number of hydrogen-bond donors (Lipinski definition) is 1. The van der Waals surface area contributed by atoms with Crippen LogP contribution in [0.25, 0.3) is 0 Å². The van der Waals surface area contributed by atoms with Gasteiger partial charge in [0.1, 0.15) is 0 Å². The summed E-state index contributed by atoms with van der Waals surface area (Å²) in [7, 11) is 2.30. The zero-order valence-corrected chi connectivity index (χ0v) is 12.6. The molecule has 2 unspecified atom stereocenters. The lowest BCUT2D eigenvalue weighted by Gasteiger charge is -2.48. The lowest BCUT2D eigenvalue weighted by Crippen LogP contribution is -2.55. The van der Waals surface area contributed by atoms with Gasteiger partial charge in [-0.2, -0.15) is 11.8 Å². The topological polar surface area (TPSA) is 29.3 Å². The quantitative estimate of drug-likeness (QED) is 0.920. The van der Waals surface area contributed by atoms with E-state index in [0.717, 1.165) is 6.54 Å². The molecule has 0 saturated carbocycles. The predicted octanol–water partition coefficient (Wildman–Crippen LogP) is 2.61. The molecule has 3 rings (SSSR count). The van der Waals surface area contributed by atoms with E-state index >= 15 is 0 Å². The maximum atomic E-state index is 6.27. The summed E-state index contributed by atoms with van der Waals surface area (Å²) in [6, 6.07) is 9.62. The first-order valence-corrected chi connectivity index (χ1v) is 8.52. The summed E-state index contributed by atoms with van der Waals surface area (Å²) in [6.07, 6.45) is 4.99. The normalized spacial score (nSPS) is 30.6. The van der Waals surface area contributed by atoms with E-state index < -0.39 is 0 Å². The molecule has 0 bridgehead atoms. The van der Waals surface area contributed by atoms with Crippen molar-refractivity contribution in [3.63, 3.8) is 0 Å². The summed E-state index contributed by atoms with van der Waals surface area (Å²) in [4.78, 5) is 2.60. The molecule has 1 aliphatic heterocycles. The fraction of sp³-hybridized carbons (Fsp3) is 0.625. The highest BCUT2D eigenvalue weighted by atomic mass is 32.2. The fourth-order valence-electron chi connectivity index (χ4n) is 3.80. The number of thioether (sulfide) groups is 1. The first-order chi connectivity index (χ1) is 9.28. The van der Waals surface area contributed by atoms with Crippen LogP contribution in [-0.4, -0.2) is 36.0 Å². The van der Waals surface area contributed by atoms with Crippen LogP contribution in [-0.2, 0) is 12.0 Å². The van der Waals surface area contributed by atoms with Crippen LogP contribution >= 0.6 is 11.8 Å². The monoisotopic (exact) mass is 276 g/mol. The Morgan fingerprint density at radius 3 is 3.00 bits per heavy atom. The SMILES string of the molecule is CN(C1CCSC1)C1(CN)CCCc2ccccc21. The third kappa shape index (κ3) is 2.22. The van der Waals surface area contributed by atoms with Crippen LogP contribution in [0.2, 0.25) is 0 Å². The molecule has 3 heteroatoms. The van der Waals surface area contributed by atoms with Gasteiger partial charge < -0.3 is 5.73 Å². The Balaban J connectivity index is 1.99. The molecule has 1 aromatic carbocycles. The van der Waals surface area contributed by atoms with Gasteiger partial charge in [-0.15, -0.1) is 0 Å². The molecule has 0 radical (unpaired) electrons. The van der Waals surface area contributed by atoms with E-state index in [4.69, 9.17) is 5.73 Å². The Hall–Kier alpha value is -0.510. The lowest BCUT2D eigenvalue weighted by atomic mass is 9.75. The van der Waals surface area contributed by atoms with Gasteiger partial charge in [-0.25, -0.2) is 0 Å². The Bertz CT molecular complexity index is 442. The van der Waals surface area contributed by atoms with Crippen LogP contribution in [0, 0.1) is 0 Å². The van der Waals surface area contributed by atoms with Crippen LogP contribution in [0.5, 0.6) is 0 Å². The average Bonchev–Trinajstić information content (AvgIpc) is 3.00. The molecule has 1 saturated heterocycles. The third-order valence-corrected chi connectivity index (χ3v) is 6.17. The van der Waals surface area contributed by atoms with Crippen LogP contribution in [0.3, 0.4) is 0 Å². The number of hydrogen-bond acceptors (Lipinski definition) is 3. The highest BCUT2D eigenvalue weighted by molar-refractivity contribution is 7.99. The van der Waals surface area contributed by atoms with Crippen molar-refractivity contribution in [2.75, 3.05) is 25.1 Å². The zero-order chi connectivity index (χ0) is 13.3. The molecule has 1 aromatic rings. The van der Waals surface area contributed by atoms with E-state index in [0.29, 0.717) is 6.04 Å². The van der Waals surface area contributed by atoms with Gasteiger partial charge in [0.25, 0.3) is 0 Å². The molecule has 0 amide bonds. The minimum Gasteiger partial charge on any atom is -0.328 e. The van der Waals surface area contributed by atoms with Crippen molar-refractivity contribution < 1.29 is 0 Å². The zero-order valence-electron chi connectivity index (χ0n) is 11.8. The van der Waals surface area contributed by atoms with Crippen molar-refractivity contribution in [3.8, 4) is 0 Å². The summed E-state index contributed by atoms with van der Waals surface area (Å²) in [5.74, 6) is 2.57. The summed E-state index contributed by atoms with van der Waals surface area (Å²) in [5, 5.41) is 0. The minimum absolute atomic E-state index is 0.0738. The molecule has 1 aliphatic carbocycles. The van der Waals surface area contributed by atoms with Crippen molar-refractivity contribution in [3.05, 3.63) is 35.4 Å². The van der Waals surface area contributed by atoms with Crippen molar-refractivity contribution in [2.45, 2.75) is 37.3 Å². The summed E-state index contributed by atoms with van der Waals surface area (Å²) in [6.45, 7) is 0.738. The molecular weight excluding hydrogens is 252 g/mol. The third-order valence-electron chi connectivity index (χ3n) is 5.02. The van der Waals surface area contributed by atoms with Crippen molar-refractivity contribution in [1.29, 1.82) is 0 Å². The number of nitrogens with two attached hydrogens (primary N) is 1. The molecular formula is C16H24N2S. The number of fused-ring (bicyclic) bond motifs is 1. The Morgan fingerprint density at radius 2 is 2.26 bits per heavy atom. The number of rotatable bonds is 3. The van der Waals surface area contributed by atoms with Crippen LogP contribution < -0.4 is 5.73 Å². The fourth-order valence-corrected chi connectivity index (χ4v) is 5.07. The van der Waals surface area contributed by atoms with E-state index in [1.807, 2.05) is 0 Å². The second kappa shape index (κ2) is 5.47. The van der Waals surface area contributed by atoms with Gasteiger partial charge in [0.15, 0.2) is 0 Å². The van der Waals surface area contributed by atoms with Gasteiger partial charge in [-0.3, -0.25) is 4.90 Å². The smallest absolute Gasteiger partial charge is 0.0586 e. The molecule has 1 heterocycles. The van der Waals surface area contributed by atoms with Crippen LogP contribution in [0.4, 0.5) is 0 Å². The molecule has 1 fully saturated rings. The first kappa shape index (κ1) is 13.5. The Kier molecular flexibility index (Phi) is 3.88. The Morgan fingerprint density at radius 1 is 1.42 bits per heavy atom.